The number of pyridine rings is 1. The van der Waals surface area contributed by atoms with Gasteiger partial charge in [0.1, 0.15) is 6.07 Å². The molecular weight excluding hydrogens is 190 g/mol. The third kappa shape index (κ3) is 2.11. The van der Waals surface area contributed by atoms with Crippen molar-refractivity contribution in [3.05, 3.63) is 42.0 Å². The lowest BCUT2D eigenvalue weighted by Crippen LogP contribution is -2.01. The van der Waals surface area contributed by atoms with Crippen LogP contribution in [0.3, 0.4) is 0 Å². The number of aromatic amines is 1. The van der Waals surface area contributed by atoms with Crippen molar-refractivity contribution in [3.63, 3.8) is 0 Å². The van der Waals surface area contributed by atoms with Crippen molar-refractivity contribution in [2.24, 2.45) is 0 Å². The first-order valence-electron chi connectivity index (χ1n) is 4.46. The zero-order valence-corrected chi connectivity index (χ0v) is 7.94. The van der Waals surface area contributed by atoms with Crippen LogP contribution in [0.15, 0.2) is 30.7 Å². The standard InChI is InChI=1S/C10H9N5/c11-5-8-1-3-12-7-10(8)13-6-9-2-4-14-15-9/h1-4,7,13H,6H2,(H,14,15). The molecule has 15 heavy (non-hydrogen) atoms. The van der Waals surface area contributed by atoms with Crippen molar-refractivity contribution in [2.45, 2.75) is 6.54 Å². The van der Waals surface area contributed by atoms with Crippen molar-refractivity contribution in [3.8, 4) is 6.07 Å². The largest absolute Gasteiger partial charge is 0.377 e. The third-order valence-electron chi connectivity index (χ3n) is 1.97. The summed E-state index contributed by atoms with van der Waals surface area (Å²) in [5.74, 6) is 0. The first kappa shape index (κ1) is 9.21. The van der Waals surface area contributed by atoms with Gasteiger partial charge >= 0.3 is 0 Å². The minimum Gasteiger partial charge on any atom is -0.377 e. The molecule has 0 aliphatic carbocycles. The van der Waals surface area contributed by atoms with Crippen molar-refractivity contribution < 1.29 is 0 Å². The highest BCUT2D eigenvalue weighted by atomic mass is 15.1. The number of aromatic nitrogens is 3. The van der Waals surface area contributed by atoms with E-state index < -0.39 is 0 Å². The fourth-order valence-corrected chi connectivity index (χ4v) is 1.21. The Morgan fingerprint density at radius 2 is 2.33 bits per heavy atom. The molecule has 2 aromatic heterocycles. The summed E-state index contributed by atoms with van der Waals surface area (Å²) in [4.78, 5) is 3.95. The number of nitrogens with one attached hydrogen (secondary N) is 2. The van der Waals surface area contributed by atoms with E-state index in [9.17, 15) is 0 Å². The van der Waals surface area contributed by atoms with Crippen molar-refractivity contribution >= 4 is 5.69 Å². The molecule has 0 fully saturated rings. The molecule has 5 nitrogen and oxygen atoms in total. The molecule has 2 aromatic rings. The maximum atomic E-state index is 8.84. The molecule has 0 saturated carbocycles. The Morgan fingerprint density at radius 1 is 1.40 bits per heavy atom. The molecule has 0 amide bonds. The summed E-state index contributed by atoms with van der Waals surface area (Å²) in [6.45, 7) is 0.598. The van der Waals surface area contributed by atoms with Gasteiger partial charge in [-0.1, -0.05) is 0 Å². The molecule has 0 unspecified atom stereocenters. The zero-order valence-electron chi connectivity index (χ0n) is 7.94. The van der Waals surface area contributed by atoms with E-state index in [0.717, 1.165) is 11.4 Å². The van der Waals surface area contributed by atoms with Gasteiger partial charge in [-0.15, -0.1) is 0 Å². The van der Waals surface area contributed by atoms with Crippen LogP contribution in [0.5, 0.6) is 0 Å². The third-order valence-corrected chi connectivity index (χ3v) is 1.97. The monoisotopic (exact) mass is 199 g/mol. The molecule has 0 aliphatic heterocycles. The van der Waals surface area contributed by atoms with Crippen LogP contribution < -0.4 is 5.32 Å². The highest BCUT2D eigenvalue weighted by molar-refractivity contribution is 5.55. The lowest BCUT2D eigenvalue weighted by molar-refractivity contribution is 0.979. The molecule has 0 aliphatic rings. The van der Waals surface area contributed by atoms with E-state index in [1.165, 1.54) is 0 Å². The van der Waals surface area contributed by atoms with Gasteiger partial charge in [0, 0.05) is 12.4 Å². The van der Waals surface area contributed by atoms with Gasteiger partial charge in [-0.3, -0.25) is 10.1 Å². The lowest BCUT2D eigenvalue weighted by atomic mass is 10.2. The predicted octanol–water partition coefficient (Wildman–Crippen LogP) is 1.29. The van der Waals surface area contributed by atoms with Crippen LogP contribution >= 0.6 is 0 Å². The summed E-state index contributed by atoms with van der Waals surface area (Å²) in [7, 11) is 0. The highest BCUT2D eigenvalue weighted by Gasteiger charge is 2.00. The Kier molecular flexibility index (Phi) is 2.61. The SMILES string of the molecule is N#Cc1ccncc1NCc1ccn[nH]1. The predicted molar refractivity (Wildman–Crippen MR) is 54.9 cm³/mol. The van der Waals surface area contributed by atoms with Crippen LogP contribution in [0, 0.1) is 11.3 Å². The molecule has 0 bridgehead atoms. The molecule has 0 radical (unpaired) electrons. The Bertz CT molecular complexity index is 469. The van der Waals surface area contributed by atoms with Gasteiger partial charge < -0.3 is 5.32 Å². The van der Waals surface area contributed by atoms with Crippen LogP contribution in [-0.4, -0.2) is 15.2 Å². The minimum atomic E-state index is 0.588. The fourth-order valence-electron chi connectivity index (χ4n) is 1.21. The van der Waals surface area contributed by atoms with Gasteiger partial charge in [0.05, 0.1) is 29.7 Å². The van der Waals surface area contributed by atoms with E-state index in [-0.39, 0.29) is 0 Å². The second kappa shape index (κ2) is 4.24. The van der Waals surface area contributed by atoms with Gasteiger partial charge in [0.2, 0.25) is 0 Å². The van der Waals surface area contributed by atoms with Crippen molar-refractivity contribution in [2.75, 3.05) is 5.32 Å². The van der Waals surface area contributed by atoms with E-state index in [1.54, 1.807) is 24.7 Å². The Hall–Kier alpha value is -2.35. The van der Waals surface area contributed by atoms with Gasteiger partial charge in [0.25, 0.3) is 0 Å². The second-order valence-electron chi connectivity index (χ2n) is 2.97. The molecule has 2 N–H and O–H groups in total. The maximum absolute atomic E-state index is 8.84. The first-order valence-corrected chi connectivity index (χ1v) is 4.46. The fraction of sp³-hybridized carbons (Fsp3) is 0.100. The van der Waals surface area contributed by atoms with Gasteiger partial charge in [-0.25, -0.2) is 0 Å². The molecule has 0 saturated heterocycles. The quantitative estimate of drug-likeness (QED) is 0.780. The van der Waals surface area contributed by atoms with Crippen molar-refractivity contribution in [1.29, 1.82) is 5.26 Å². The smallest absolute Gasteiger partial charge is 0.101 e. The van der Waals surface area contributed by atoms with E-state index in [1.807, 2.05) is 6.07 Å². The average Bonchev–Trinajstić information content (AvgIpc) is 2.79. The van der Waals surface area contributed by atoms with E-state index in [0.29, 0.717) is 12.1 Å². The molecule has 0 atom stereocenters. The van der Waals surface area contributed by atoms with Crippen LogP contribution in [0.2, 0.25) is 0 Å². The second-order valence-corrected chi connectivity index (χ2v) is 2.97. The Morgan fingerprint density at radius 3 is 3.07 bits per heavy atom. The summed E-state index contributed by atoms with van der Waals surface area (Å²) in [6, 6.07) is 5.64. The molecular formula is C10H9N5. The van der Waals surface area contributed by atoms with Crippen LogP contribution in [0.4, 0.5) is 5.69 Å². The molecule has 2 heterocycles. The number of nitriles is 1. The molecule has 0 aromatic carbocycles. The number of hydrogen-bond acceptors (Lipinski definition) is 4. The van der Waals surface area contributed by atoms with Gasteiger partial charge in [-0.05, 0) is 12.1 Å². The first-order chi connectivity index (χ1) is 7.40. The number of nitrogens with zero attached hydrogens (tertiary/aromatic N) is 3. The molecule has 2 rings (SSSR count). The molecule has 5 heteroatoms. The number of hydrogen-bond donors (Lipinski definition) is 2. The minimum absolute atomic E-state index is 0.588. The van der Waals surface area contributed by atoms with Crippen LogP contribution in [0.25, 0.3) is 0 Å². The van der Waals surface area contributed by atoms with E-state index in [2.05, 4.69) is 26.6 Å². The maximum Gasteiger partial charge on any atom is 0.101 e. The number of rotatable bonds is 3. The summed E-state index contributed by atoms with van der Waals surface area (Å²) in [6.07, 6.45) is 4.92. The van der Waals surface area contributed by atoms with Crippen molar-refractivity contribution in [1.82, 2.24) is 15.2 Å². The number of anilines is 1. The normalized spacial score (nSPS) is 9.53. The summed E-state index contributed by atoms with van der Waals surface area (Å²) in [5.41, 5.74) is 2.28. The number of H-pyrrole nitrogens is 1. The Labute approximate surface area is 86.8 Å². The van der Waals surface area contributed by atoms with Gasteiger partial charge in [-0.2, -0.15) is 10.4 Å². The van der Waals surface area contributed by atoms with Crippen LogP contribution in [-0.2, 0) is 6.54 Å². The summed E-state index contributed by atoms with van der Waals surface area (Å²) in [5, 5.41) is 18.6. The molecule has 74 valence electrons. The average molecular weight is 199 g/mol. The van der Waals surface area contributed by atoms with Crippen LogP contribution in [0.1, 0.15) is 11.3 Å². The molecule has 0 spiro atoms. The Balaban J connectivity index is 2.08. The summed E-state index contributed by atoms with van der Waals surface area (Å²) >= 11 is 0. The van der Waals surface area contributed by atoms with E-state index >= 15 is 0 Å². The zero-order chi connectivity index (χ0) is 10.5. The summed E-state index contributed by atoms with van der Waals surface area (Å²) < 4.78 is 0. The van der Waals surface area contributed by atoms with Gasteiger partial charge in [0.15, 0.2) is 0 Å². The highest BCUT2D eigenvalue weighted by Crippen LogP contribution is 2.12. The van der Waals surface area contributed by atoms with E-state index in [4.69, 9.17) is 5.26 Å². The lowest BCUT2D eigenvalue weighted by Gasteiger charge is -2.05. The topological polar surface area (TPSA) is 77.4 Å².